The third-order valence-electron chi connectivity index (χ3n) is 4.04. The summed E-state index contributed by atoms with van der Waals surface area (Å²) in [5, 5.41) is 12.6. The molecule has 0 atom stereocenters. The summed E-state index contributed by atoms with van der Waals surface area (Å²) in [4.78, 5) is 26.1. The van der Waals surface area contributed by atoms with Crippen molar-refractivity contribution in [3.8, 4) is 5.75 Å². The predicted octanol–water partition coefficient (Wildman–Crippen LogP) is 2.68. The van der Waals surface area contributed by atoms with E-state index in [1.54, 1.807) is 12.1 Å². The maximum atomic E-state index is 12.0. The Hall–Kier alpha value is -2.77. The fourth-order valence-corrected chi connectivity index (χ4v) is 2.83. The molecule has 2 aromatic rings. The number of phenolic OH excluding ortho intramolecular Hbond substituents is 1. The number of ether oxygens (including phenoxy) is 2. The van der Waals surface area contributed by atoms with Crippen molar-refractivity contribution >= 4 is 34.9 Å². The lowest BCUT2D eigenvalue weighted by atomic mass is 10.2. The van der Waals surface area contributed by atoms with Gasteiger partial charge in [-0.2, -0.15) is 0 Å². The van der Waals surface area contributed by atoms with Crippen LogP contribution in [0.5, 0.6) is 5.75 Å². The minimum absolute atomic E-state index is 0.0924. The Morgan fingerprint density at radius 2 is 1.85 bits per heavy atom. The summed E-state index contributed by atoms with van der Waals surface area (Å²) in [6.45, 7) is 2.59. The lowest BCUT2D eigenvalue weighted by Gasteiger charge is -2.28. The highest BCUT2D eigenvalue weighted by Gasteiger charge is 2.15. The number of esters is 1. The van der Waals surface area contributed by atoms with E-state index in [1.165, 1.54) is 18.2 Å². The molecule has 0 spiro atoms. The molecular formula is C19H19ClN2O5. The molecule has 1 saturated heterocycles. The molecule has 142 valence electrons. The molecule has 0 aromatic heterocycles. The Morgan fingerprint density at radius 3 is 2.56 bits per heavy atom. The van der Waals surface area contributed by atoms with E-state index in [0.29, 0.717) is 18.9 Å². The number of hydrogen-bond acceptors (Lipinski definition) is 6. The van der Waals surface area contributed by atoms with E-state index in [9.17, 15) is 14.7 Å². The summed E-state index contributed by atoms with van der Waals surface area (Å²) in [5.41, 5.74) is 1.56. The van der Waals surface area contributed by atoms with Crippen LogP contribution in [0.25, 0.3) is 0 Å². The van der Waals surface area contributed by atoms with E-state index in [-0.39, 0.29) is 16.3 Å². The number of nitrogens with zero attached hydrogens (tertiary/aromatic N) is 1. The van der Waals surface area contributed by atoms with E-state index >= 15 is 0 Å². The number of carbonyl (C=O) groups is 2. The van der Waals surface area contributed by atoms with Crippen molar-refractivity contribution in [2.24, 2.45) is 0 Å². The van der Waals surface area contributed by atoms with Gasteiger partial charge in [0.2, 0.25) is 0 Å². The second-order valence-electron chi connectivity index (χ2n) is 5.93. The fourth-order valence-electron chi connectivity index (χ4n) is 2.65. The largest absolute Gasteiger partial charge is 0.507 e. The zero-order valence-corrected chi connectivity index (χ0v) is 15.2. The average molecular weight is 391 g/mol. The number of morpholine rings is 1. The van der Waals surface area contributed by atoms with Crippen LogP contribution in [0, 0.1) is 0 Å². The van der Waals surface area contributed by atoms with Crippen molar-refractivity contribution in [1.82, 2.24) is 0 Å². The van der Waals surface area contributed by atoms with Crippen molar-refractivity contribution in [3.63, 3.8) is 0 Å². The number of anilines is 2. The van der Waals surface area contributed by atoms with Crippen LogP contribution in [-0.2, 0) is 14.3 Å². The number of benzene rings is 2. The van der Waals surface area contributed by atoms with E-state index in [4.69, 9.17) is 21.1 Å². The first-order valence-corrected chi connectivity index (χ1v) is 8.79. The topological polar surface area (TPSA) is 88.1 Å². The zero-order valence-electron chi connectivity index (χ0n) is 14.5. The summed E-state index contributed by atoms with van der Waals surface area (Å²) in [7, 11) is 0. The number of carbonyl (C=O) groups excluding carboxylic acids is 2. The quantitative estimate of drug-likeness (QED) is 0.763. The summed E-state index contributed by atoms with van der Waals surface area (Å²) in [6.07, 6.45) is 0. The molecule has 1 heterocycles. The minimum atomic E-state index is -0.826. The number of hydrogen-bond donors (Lipinski definition) is 2. The smallest absolute Gasteiger partial charge is 0.342 e. The second kappa shape index (κ2) is 8.75. The van der Waals surface area contributed by atoms with Gasteiger partial charge in [0.05, 0.1) is 13.2 Å². The third-order valence-corrected chi connectivity index (χ3v) is 4.28. The van der Waals surface area contributed by atoms with Crippen LogP contribution in [0.15, 0.2) is 42.5 Å². The van der Waals surface area contributed by atoms with Gasteiger partial charge in [0.1, 0.15) is 11.3 Å². The molecular weight excluding hydrogens is 372 g/mol. The molecule has 2 N–H and O–H groups in total. The number of aromatic hydroxyl groups is 1. The molecule has 0 saturated carbocycles. The van der Waals surface area contributed by atoms with E-state index in [0.717, 1.165) is 18.8 Å². The molecule has 1 aliphatic heterocycles. The second-order valence-corrected chi connectivity index (χ2v) is 6.37. The molecule has 1 aliphatic rings. The van der Waals surface area contributed by atoms with Crippen LogP contribution in [0.3, 0.4) is 0 Å². The number of rotatable bonds is 5. The third kappa shape index (κ3) is 5.12. The normalized spacial score (nSPS) is 13.9. The van der Waals surface area contributed by atoms with Gasteiger partial charge in [-0.05, 0) is 42.5 Å². The Kier molecular flexibility index (Phi) is 6.16. The number of nitrogens with one attached hydrogen (secondary N) is 1. The number of amides is 1. The standard InChI is InChI=1S/C19H19ClN2O5/c20-13-1-6-17(23)16(11-13)19(25)27-12-18(24)21-14-2-4-15(5-3-14)22-7-9-26-10-8-22/h1-6,11,23H,7-10,12H2,(H,21,24). The molecule has 0 bridgehead atoms. The van der Waals surface area contributed by atoms with Crippen LogP contribution in [0.4, 0.5) is 11.4 Å². The summed E-state index contributed by atoms with van der Waals surface area (Å²) in [6, 6.07) is 11.4. The van der Waals surface area contributed by atoms with Gasteiger partial charge in [-0.15, -0.1) is 0 Å². The first kappa shape index (κ1) is 19.0. The Morgan fingerprint density at radius 1 is 1.15 bits per heavy atom. The molecule has 2 aromatic carbocycles. The number of phenols is 1. The molecule has 3 rings (SSSR count). The van der Waals surface area contributed by atoms with Gasteiger partial charge < -0.3 is 24.8 Å². The van der Waals surface area contributed by atoms with Crippen LogP contribution in [0.1, 0.15) is 10.4 Å². The molecule has 27 heavy (non-hydrogen) atoms. The lowest BCUT2D eigenvalue weighted by molar-refractivity contribution is -0.119. The van der Waals surface area contributed by atoms with E-state index in [2.05, 4.69) is 10.2 Å². The predicted molar refractivity (Wildman–Crippen MR) is 102 cm³/mol. The highest BCUT2D eigenvalue weighted by Crippen LogP contribution is 2.22. The number of halogens is 1. The average Bonchev–Trinajstić information content (AvgIpc) is 2.69. The highest BCUT2D eigenvalue weighted by molar-refractivity contribution is 6.31. The zero-order chi connectivity index (χ0) is 19.2. The molecule has 1 fully saturated rings. The van der Waals surface area contributed by atoms with Gasteiger partial charge in [0.25, 0.3) is 5.91 Å². The van der Waals surface area contributed by atoms with E-state index < -0.39 is 18.5 Å². The molecule has 7 nitrogen and oxygen atoms in total. The minimum Gasteiger partial charge on any atom is -0.507 e. The first-order chi connectivity index (χ1) is 13.0. The van der Waals surface area contributed by atoms with Crippen molar-refractivity contribution in [2.75, 3.05) is 43.1 Å². The summed E-state index contributed by atoms with van der Waals surface area (Å²) < 4.78 is 10.3. The van der Waals surface area contributed by atoms with Gasteiger partial charge >= 0.3 is 5.97 Å². The molecule has 0 unspecified atom stereocenters. The van der Waals surface area contributed by atoms with Gasteiger partial charge in [-0.3, -0.25) is 4.79 Å². The molecule has 0 radical (unpaired) electrons. The van der Waals surface area contributed by atoms with Crippen LogP contribution in [-0.4, -0.2) is 49.9 Å². The summed E-state index contributed by atoms with van der Waals surface area (Å²) in [5.74, 6) is -1.57. The van der Waals surface area contributed by atoms with Gasteiger partial charge in [0.15, 0.2) is 6.61 Å². The van der Waals surface area contributed by atoms with Crippen LogP contribution < -0.4 is 10.2 Å². The van der Waals surface area contributed by atoms with Gasteiger partial charge in [-0.1, -0.05) is 11.6 Å². The van der Waals surface area contributed by atoms with Gasteiger partial charge in [0, 0.05) is 29.5 Å². The summed E-state index contributed by atoms with van der Waals surface area (Å²) >= 11 is 5.79. The SMILES string of the molecule is O=C(COC(=O)c1cc(Cl)ccc1O)Nc1ccc(N2CCOCC2)cc1. The Labute approximate surface area is 161 Å². The van der Waals surface area contributed by atoms with Crippen molar-refractivity contribution < 1.29 is 24.2 Å². The lowest BCUT2D eigenvalue weighted by Crippen LogP contribution is -2.36. The van der Waals surface area contributed by atoms with Crippen molar-refractivity contribution in [2.45, 2.75) is 0 Å². The monoisotopic (exact) mass is 390 g/mol. The van der Waals surface area contributed by atoms with Gasteiger partial charge in [-0.25, -0.2) is 4.79 Å². The van der Waals surface area contributed by atoms with Crippen LogP contribution >= 0.6 is 11.6 Å². The van der Waals surface area contributed by atoms with E-state index in [1.807, 2.05) is 12.1 Å². The maximum Gasteiger partial charge on any atom is 0.342 e. The molecule has 1 amide bonds. The van der Waals surface area contributed by atoms with Crippen LogP contribution in [0.2, 0.25) is 5.02 Å². The maximum absolute atomic E-state index is 12.0. The highest BCUT2D eigenvalue weighted by atomic mass is 35.5. The Balaban J connectivity index is 1.51. The Bertz CT molecular complexity index is 819. The van der Waals surface area contributed by atoms with Crippen molar-refractivity contribution in [1.29, 1.82) is 0 Å². The molecule has 0 aliphatic carbocycles. The van der Waals surface area contributed by atoms with Crippen molar-refractivity contribution in [3.05, 3.63) is 53.1 Å². The first-order valence-electron chi connectivity index (χ1n) is 8.41. The fraction of sp³-hybridized carbons (Fsp3) is 0.263. The molecule has 8 heteroatoms.